The molecule has 150 valence electrons. The van der Waals surface area contributed by atoms with E-state index in [4.69, 9.17) is 0 Å². The van der Waals surface area contributed by atoms with Crippen LogP contribution < -0.4 is 9.62 Å². The van der Waals surface area contributed by atoms with Gasteiger partial charge in [-0.15, -0.1) is 0 Å². The van der Waals surface area contributed by atoms with Gasteiger partial charge in [0.1, 0.15) is 0 Å². The summed E-state index contributed by atoms with van der Waals surface area (Å²) < 4.78 is 28.6. The van der Waals surface area contributed by atoms with Crippen molar-refractivity contribution in [3.05, 3.63) is 95.5 Å². The van der Waals surface area contributed by atoms with Crippen molar-refractivity contribution in [2.24, 2.45) is 4.99 Å². The van der Waals surface area contributed by atoms with Gasteiger partial charge >= 0.3 is 0 Å². The number of nitrogens with zero attached hydrogens (tertiary/aromatic N) is 3. The number of hydrogen-bond donors (Lipinski definition) is 1. The van der Waals surface area contributed by atoms with Crippen molar-refractivity contribution in [3.8, 4) is 0 Å². The maximum absolute atomic E-state index is 13.1. The maximum Gasteiger partial charge on any atom is 0.271 e. The second kappa shape index (κ2) is 7.80. The molecule has 0 saturated heterocycles. The summed E-state index contributed by atoms with van der Waals surface area (Å²) in [6, 6.07) is 15.8. The zero-order valence-electron chi connectivity index (χ0n) is 15.5. The lowest BCUT2D eigenvalue weighted by Gasteiger charge is -2.19. The molecule has 0 atom stereocenters. The van der Waals surface area contributed by atoms with Gasteiger partial charge in [0, 0.05) is 47.7 Å². The Morgan fingerprint density at radius 2 is 1.77 bits per heavy atom. The predicted molar refractivity (Wildman–Crippen MR) is 117 cm³/mol. The average Bonchev–Trinajstić information content (AvgIpc) is 3.02. The summed E-state index contributed by atoms with van der Waals surface area (Å²) in [5.74, 6) is 0. The van der Waals surface area contributed by atoms with Gasteiger partial charge in [0.2, 0.25) is 0 Å². The molecule has 0 aliphatic carbocycles. The summed E-state index contributed by atoms with van der Waals surface area (Å²) >= 11 is 0. The van der Waals surface area contributed by atoms with Gasteiger partial charge in [0.25, 0.3) is 15.7 Å². The van der Waals surface area contributed by atoms with Crippen LogP contribution in [0.25, 0.3) is 10.8 Å². The highest BCUT2D eigenvalue weighted by Gasteiger charge is 2.20. The number of sulfonamides is 1. The summed E-state index contributed by atoms with van der Waals surface area (Å²) in [6.45, 7) is 0. The molecule has 4 rings (SSSR count). The van der Waals surface area contributed by atoms with Crippen molar-refractivity contribution < 1.29 is 13.3 Å². The van der Waals surface area contributed by atoms with Gasteiger partial charge in [-0.05, 0) is 24.3 Å². The van der Waals surface area contributed by atoms with Crippen LogP contribution in [0.5, 0.6) is 0 Å². The molecule has 8 nitrogen and oxygen atoms in total. The Kier molecular flexibility index (Phi) is 5.03. The van der Waals surface area contributed by atoms with Crippen LogP contribution in [0.4, 0.5) is 17.1 Å². The van der Waals surface area contributed by atoms with E-state index in [1.807, 2.05) is 23.2 Å². The summed E-state index contributed by atoms with van der Waals surface area (Å²) in [5.41, 5.74) is 0.711. The fraction of sp³-hybridized carbons (Fsp3) is 0. The number of fused-ring (bicyclic) bond motifs is 1. The lowest BCUT2D eigenvalue weighted by molar-refractivity contribution is -0.384. The quantitative estimate of drug-likeness (QED) is 0.486. The number of anilines is 2. The van der Waals surface area contributed by atoms with E-state index in [2.05, 4.69) is 9.71 Å². The molecule has 1 heterocycles. The molecule has 0 aromatic heterocycles. The number of nitro groups is 1. The largest absolute Gasteiger partial charge is 0.322 e. The van der Waals surface area contributed by atoms with E-state index in [0.717, 1.165) is 11.1 Å². The second-order valence-corrected chi connectivity index (χ2v) is 8.04. The third-order valence-corrected chi connectivity index (χ3v) is 5.91. The SMILES string of the molecule is O=[N+]([O-])c1cccc(NS(=O)(=O)c2ccc(N3C=CC=NC=C3)c3ccccc23)c1. The smallest absolute Gasteiger partial charge is 0.271 e. The van der Waals surface area contributed by atoms with Gasteiger partial charge in [0.05, 0.1) is 21.2 Å². The van der Waals surface area contributed by atoms with Crippen LogP contribution in [-0.2, 0) is 10.0 Å². The van der Waals surface area contributed by atoms with E-state index in [-0.39, 0.29) is 16.3 Å². The Balaban J connectivity index is 1.78. The summed E-state index contributed by atoms with van der Waals surface area (Å²) in [4.78, 5) is 16.4. The lowest BCUT2D eigenvalue weighted by atomic mass is 10.1. The Hall–Kier alpha value is -3.98. The minimum Gasteiger partial charge on any atom is -0.322 e. The topological polar surface area (TPSA) is 105 Å². The molecule has 9 heteroatoms. The van der Waals surface area contributed by atoms with E-state index >= 15 is 0 Å². The Morgan fingerprint density at radius 3 is 2.57 bits per heavy atom. The number of hydrogen-bond acceptors (Lipinski definition) is 6. The first-order chi connectivity index (χ1) is 14.5. The van der Waals surface area contributed by atoms with Gasteiger partial charge in [-0.3, -0.25) is 19.8 Å². The molecule has 0 fully saturated rings. The average molecular weight is 420 g/mol. The minimum absolute atomic E-state index is 0.0763. The van der Waals surface area contributed by atoms with Crippen molar-refractivity contribution in [1.82, 2.24) is 0 Å². The number of nitro benzene ring substituents is 1. The molecular weight excluding hydrogens is 404 g/mol. The molecule has 3 aromatic rings. The fourth-order valence-electron chi connectivity index (χ4n) is 3.16. The highest BCUT2D eigenvalue weighted by molar-refractivity contribution is 7.93. The maximum atomic E-state index is 13.1. The van der Waals surface area contributed by atoms with Gasteiger partial charge in [-0.25, -0.2) is 8.42 Å². The van der Waals surface area contributed by atoms with E-state index in [9.17, 15) is 18.5 Å². The third-order valence-electron chi connectivity index (χ3n) is 4.47. The van der Waals surface area contributed by atoms with Crippen molar-refractivity contribution in [2.75, 3.05) is 9.62 Å². The molecule has 3 aromatic carbocycles. The molecule has 0 bridgehead atoms. The Morgan fingerprint density at radius 1 is 0.967 bits per heavy atom. The predicted octanol–water partition coefficient (Wildman–Crippen LogP) is 4.42. The number of non-ortho nitro benzene ring substituents is 1. The molecule has 1 N–H and O–H groups in total. The van der Waals surface area contributed by atoms with E-state index < -0.39 is 14.9 Å². The number of rotatable bonds is 5. The highest BCUT2D eigenvalue weighted by Crippen LogP contribution is 2.33. The van der Waals surface area contributed by atoms with Crippen LogP contribution in [0.15, 0.2) is 95.2 Å². The van der Waals surface area contributed by atoms with E-state index in [1.165, 1.54) is 30.3 Å². The van der Waals surface area contributed by atoms with Crippen LogP contribution in [0.2, 0.25) is 0 Å². The molecule has 1 aliphatic heterocycles. The van der Waals surface area contributed by atoms with Crippen LogP contribution in [-0.4, -0.2) is 19.6 Å². The summed E-state index contributed by atoms with van der Waals surface area (Å²) in [5, 5.41) is 12.2. The van der Waals surface area contributed by atoms with Crippen LogP contribution >= 0.6 is 0 Å². The third kappa shape index (κ3) is 3.78. The number of nitrogens with one attached hydrogen (secondary N) is 1. The first-order valence-corrected chi connectivity index (χ1v) is 10.4. The molecule has 0 radical (unpaired) electrons. The first kappa shape index (κ1) is 19.3. The molecule has 1 aliphatic rings. The first-order valence-electron chi connectivity index (χ1n) is 8.90. The minimum atomic E-state index is -3.99. The van der Waals surface area contributed by atoms with E-state index in [0.29, 0.717) is 5.39 Å². The van der Waals surface area contributed by atoms with Crippen molar-refractivity contribution in [1.29, 1.82) is 0 Å². The van der Waals surface area contributed by atoms with Crippen LogP contribution in [0.1, 0.15) is 0 Å². The highest BCUT2D eigenvalue weighted by atomic mass is 32.2. The molecular formula is C21H16N4O4S. The van der Waals surface area contributed by atoms with E-state index in [1.54, 1.807) is 42.9 Å². The normalized spacial score (nSPS) is 13.4. The standard InChI is InChI=1S/C21H16N4O4S/c26-25(27)17-6-3-5-16(15-17)23-30(28,29)21-10-9-20(18-7-1-2-8-19(18)21)24-13-4-11-22-12-14-24/h1-15,23H. The fourth-order valence-corrected chi connectivity index (χ4v) is 4.42. The molecule has 0 amide bonds. The zero-order valence-corrected chi connectivity index (χ0v) is 16.4. The number of benzene rings is 3. The monoisotopic (exact) mass is 420 g/mol. The number of aliphatic imine (C=N–C) groups is 1. The number of allylic oxidation sites excluding steroid dienone is 1. The lowest BCUT2D eigenvalue weighted by Crippen LogP contribution is -2.14. The van der Waals surface area contributed by atoms with Crippen LogP contribution in [0.3, 0.4) is 0 Å². The zero-order chi connectivity index (χ0) is 21.1. The van der Waals surface area contributed by atoms with Crippen molar-refractivity contribution in [2.45, 2.75) is 4.90 Å². The van der Waals surface area contributed by atoms with Crippen molar-refractivity contribution in [3.63, 3.8) is 0 Å². The van der Waals surface area contributed by atoms with Gasteiger partial charge < -0.3 is 4.90 Å². The van der Waals surface area contributed by atoms with Gasteiger partial charge in [0.15, 0.2) is 0 Å². The molecule has 0 spiro atoms. The molecule has 0 unspecified atom stereocenters. The Labute approximate surface area is 172 Å². The van der Waals surface area contributed by atoms with Gasteiger partial charge in [-0.1, -0.05) is 30.3 Å². The summed E-state index contributed by atoms with van der Waals surface area (Å²) in [7, 11) is -3.99. The Bertz CT molecular complexity index is 1310. The molecule has 30 heavy (non-hydrogen) atoms. The van der Waals surface area contributed by atoms with Crippen molar-refractivity contribution >= 4 is 44.1 Å². The summed E-state index contributed by atoms with van der Waals surface area (Å²) in [6.07, 6.45) is 8.68. The van der Waals surface area contributed by atoms with Crippen LogP contribution in [0, 0.1) is 10.1 Å². The second-order valence-electron chi connectivity index (χ2n) is 6.39. The molecule has 0 saturated carbocycles. The van der Waals surface area contributed by atoms with Gasteiger partial charge in [-0.2, -0.15) is 0 Å².